The van der Waals surface area contributed by atoms with Gasteiger partial charge in [0, 0.05) is 31.9 Å². The largest absolute Gasteiger partial charge is 0.313 e. The molecule has 2 unspecified atom stereocenters. The molecule has 1 heterocycles. The summed E-state index contributed by atoms with van der Waals surface area (Å²) in [4.78, 5) is 6.87. The molecule has 0 bridgehead atoms. The van der Waals surface area contributed by atoms with E-state index < -0.39 is 0 Å². The van der Waals surface area contributed by atoms with E-state index in [0.717, 1.165) is 38.1 Å². The third-order valence-electron chi connectivity index (χ3n) is 4.36. The second-order valence-electron chi connectivity index (χ2n) is 6.11. The average Bonchev–Trinajstić information content (AvgIpc) is 2.47. The van der Waals surface area contributed by atoms with Gasteiger partial charge in [0.1, 0.15) is 0 Å². The van der Waals surface area contributed by atoms with Crippen molar-refractivity contribution in [2.75, 3.05) is 19.6 Å². The maximum atomic E-state index is 4.41. The van der Waals surface area contributed by atoms with Gasteiger partial charge in [0.25, 0.3) is 0 Å². The third-order valence-corrected chi connectivity index (χ3v) is 4.36. The zero-order chi connectivity index (χ0) is 14.2. The number of rotatable bonds is 7. The van der Waals surface area contributed by atoms with Crippen LogP contribution in [0.25, 0.3) is 0 Å². The summed E-state index contributed by atoms with van der Waals surface area (Å²) in [5.74, 6) is 0.900. The number of pyridine rings is 1. The van der Waals surface area contributed by atoms with Gasteiger partial charge in [-0.25, -0.2) is 0 Å². The van der Waals surface area contributed by atoms with Gasteiger partial charge in [-0.05, 0) is 37.4 Å². The highest BCUT2D eigenvalue weighted by atomic mass is 15.1. The molecule has 0 aromatic carbocycles. The first-order chi connectivity index (χ1) is 9.78. The van der Waals surface area contributed by atoms with Gasteiger partial charge < -0.3 is 5.32 Å². The summed E-state index contributed by atoms with van der Waals surface area (Å²) >= 11 is 0. The van der Waals surface area contributed by atoms with Crippen LogP contribution in [-0.4, -0.2) is 35.6 Å². The molecule has 112 valence electrons. The monoisotopic (exact) mass is 275 g/mol. The molecule has 1 fully saturated rings. The van der Waals surface area contributed by atoms with Crippen molar-refractivity contribution in [3.05, 3.63) is 30.1 Å². The topological polar surface area (TPSA) is 28.2 Å². The van der Waals surface area contributed by atoms with Gasteiger partial charge in [-0.2, -0.15) is 0 Å². The Morgan fingerprint density at radius 3 is 2.95 bits per heavy atom. The van der Waals surface area contributed by atoms with Crippen LogP contribution in [0.5, 0.6) is 0 Å². The summed E-state index contributed by atoms with van der Waals surface area (Å²) in [5.41, 5.74) is 1.17. The molecule has 0 radical (unpaired) electrons. The number of aromatic nitrogens is 1. The number of hydrogen-bond donors (Lipinski definition) is 1. The SMILES string of the molecule is CCN(CCNC1CCCC(C)C1)Cc1ccccn1. The van der Waals surface area contributed by atoms with E-state index in [2.05, 4.69) is 41.2 Å². The van der Waals surface area contributed by atoms with Crippen LogP contribution in [-0.2, 0) is 6.54 Å². The molecule has 1 aliphatic rings. The fourth-order valence-corrected chi connectivity index (χ4v) is 3.12. The number of likely N-dealkylation sites (N-methyl/N-ethyl adjacent to an activating group) is 1. The van der Waals surface area contributed by atoms with E-state index in [-0.39, 0.29) is 0 Å². The highest BCUT2D eigenvalue weighted by molar-refractivity contribution is 5.03. The molecule has 0 amide bonds. The minimum Gasteiger partial charge on any atom is -0.313 e. The minimum atomic E-state index is 0.743. The van der Waals surface area contributed by atoms with Gasteiger partial charge >= 0.3 is 0 Å². The molecule has 3 nitrogen and oxygen atoms in total. The Morgan fingerprint density at radius 2 is 2.25 bits per heavy atom. The Hall–Kier alpha value is -0.930. The average molecular weight is 275 g/mol. The molecule has 1 saturated carbocycles. The third kappa shape index (κ3) is 5.22. The highest BCUT2D eigenvalue weighted by Gasteiger charge is 2.18. The maximum absolute atomic E-state index is 4.41. The first-order valence-electron chi connectivity index (χ1n) is 8.13. The van der Waals surface area contributed by atoms with Crippen LogP contribution in [0.4, 0.5) is 0 Å². The Labute approximate surface area is 123 Å². The maximum Gasteiger partial charge on any atom is 0.0543 e. The normalized spacial score (nSPS) is 23.1. The van der Waals surface area contributed by atoms with E-state index in [1.165, 1.54) is 31.4 Å². The van der Waals surface area contributed by atoms with Crippen LogP contribution < -0.4 is 5.32 Å². The van der Waals surface area contributed by atoms with Gasteiger partial charge in [0.2, 0.25) is 0 Å². The lowest BCUT2D eigenvalue weighted by Crippen LogP contribution is -2.39. The van der Waals surface area contributed by atoms with Gasteiger partial charge in [0.05, 0.1) is 5.69 Å². The van der Waals surface area contributed by atoms with Crippen molar-refractivity contribution >= 4 is 0 Å². The van der Waals surface area contributed by atoms with Crippen molar-refractivity contribution in [3.8, 4) is 0 Å². The minimum absolute atomic E-state index is 0.743. The molecule has 1 aliphatic carbocycles. The van der Waals surface area contributed by atoms with Gasteiger partial charge in [-0.3, -0.25) is 9.88 Å². The van der Waals surface area contributed by atoms with E-state index in [1.54, 1.807) is 0 Å². The summed E-state index contributed by atoms with van der Waals surface area (Å²) in [6.45, 7) is 8.86. The smallest absolute Gasteiger partial charge is 0.0543 e. The highest BCUT2D eigenvalue weighted by Crippen LogP contribution is 2.23. The molecule has 2 rings (SSSR count). The van der Waals surface area contributed by atoms with Crippen molar-refractivity contribution in [2.24, 2.45) is 5.92 Å². The van der Waals surface area contributed by atoms with E-state index >= 15 is 0 Å². The zero-order valence-corrected chi connectivity index (χ0v) is 13.0. The Bertz CT molecular complexity index is 366. The standard InChI is InChI=1S/C17H29N3/c1-3-20(14-17-8-4-5-10-18-17)12-11-19-16-9-6-7-15(2)13-16/h4-5,8,10,15-16,19H,3,6-7,9,11-14H2,1-2H3. The molecule has 0 saturated heterocycles. The van der Waals surface area contributed by atoms with E-state index in [4.69, 9.17) is 0 Å². The summed E-state index contributed by atoms with van der Waals surface area (Å²) in [6.07, 6.45) is 7.40. The van der Waals surface area contributed by atoms with Crippen LogP contribution >= 0.6 is 0 Å². The molecule has 1 aromatic heterocycles. The van der Waals surface area contributed by atoms with Crippen molar-refractivity contribution in [2.45, 2.75) is 52.1 Å². The van der Waals surface area contributed by atoms with E-state index in [0.29, 0.717) is 0 Å². The van der Waals surface area contributed by atoms with Crippen LogP contribution in [0, 0.1) is 5.92 Å². The molecule has 1 aromatic rings. The van der Waals surface area contributed by atoms with Crippen molar-refractivity contribution in [1.29, 1.82) is 0 Å². The predicted octanol–water partition coefficient (Wildman–Crippen LogP) is 3.07. The first kappa shape index (κ1) is 15.5. The number of nitrogens with zero attached hydrogens (tertiary/aromatic N) is 2. The van der Waals surface area contributed by atoms with Crippen LogP contribution in [0.3, 0.4) is 0 Å². The Morgan fingerprint density at radius 1 is 1.35 bits per heavy atom. The van der Waals surface area contributed by atoms with Gasteiger partial charge in [-0.15, -0.1) is 0 Å². The van der Waals surface area contributed by atoms with Crippen molar-refractivity contribution in [3.63, 3.8) is 0 Å². The van der Waals surface area contributed by atoms with Crippen LogP contribution in [0.2, 0.25) is 0 Å². The van der Waals surface area contributed by atoms with E-state index in [9.17, 15) is 0 Å². The lowest BCUT2D eigenvalue weighted by molar-refractivity contribution is 0.251. The lowest BCUT2D eigenvalue weighted by atomic mass is 9.87. The van der Waals surface area contributed by atoms with Crippen LogP contribution in [0.1, 0.15) is 45.2 Å². The lowest BCUT2D eigenvalue weighted by Gasteiger charge is -2.29. The fraction of sp³-hybridized carbons (Fsp3) is 0.706. The quantitative estimate of drug-likeness (QED) is 0.829. The Kier molecular flexibility index (Phi) is 6.48. The molecule has 0 spiro atoms. The molecular weight excluding hydrogens is 246 g/mol. The first-order valence-corrected chi connectivity index (χ1v) is 8.13. The second kappa shape index (κ2) is 8.38. The summed E-state index contributed by atoms with van der Waals surface area (Å²) in [7, 11) is 0. The summed E-state index contributed by atoms with van der Waals surface area (Å²) in [5, 5.41) is 3.74. The van der Waals surface area contributed by atoms with Crippen molar-refractivity contribution < 1.29 is 0 Å². The molecular formula is C17H29N3. The molecule has 20 heavy (non-hydrogen) atoms. The number of hydrogen-bond acceptors (Lipinski definition) is 3. The molecule has 1 N–H and O–H groups in total. The number of nitrogens with one attached hydrogen (secondary N) is 1. The van der Waals surface area contributed by atoms with Crippen LogP contribution in [0.15, 0.2) is 24.4 Å². The van der Waals surface area contributed by atoms with Crippen molar-refractivity contribution in [1.82, 2.24) is 15.2 Å². The molecule has 0 aliphatic heterocycles. The predicted molar refractivity (Wildman–Crippen MR) is 84.6 cm³/mol. The van der Waals surface area contributed by atoms with E-state index in [1.807, 2.05) is 12.3 Å². The van der Waals surface area contributed by atoms with Gasteiger partial charge in [0.15, 0.2) is 0 Å². The molecule has 2 atom stereocenters. The zero-order valence-electron chi connectivity index (χ0n) is 13.0. The fourth-order valence-electron chi connectivity index (χ4n) is 3.12. The molecule has 3 heteroatoms. The summed E-state index contributed by atoms with van der Waals surface area (Å²) in [6, 6.07) is 6.90. The summed E-state index contributed by atoms with van der Waals surface area (Å²) < 4.78 is 0. The Balaban J connectivity index is 1.68. The second-order valence-corrected chi connectivity index (χ2v) is 6.11. The van der Waals surface area contributed by atoms with Gasteiger partial charge in [-0.1, -0.05) is 32.8 Å².